The standard InChI is InChI=1S/C18H27NO/c1-13-5-6-15(11-14(13)2)17(3,19)16-7-10-20-18(12-16)8-4-9-18/h5-6,11,16H,4,7-10,12,19H2,1-3H3. The molecule has 2 atom stereocenters. The number of nitrogens with two attached hydrogens (primary N) is 1. The van der Waals surface area contributed by atoms with Crippen molar-refractivity contribution in [3.8, 4) is 0 Å². The van der Waals surface area contributed by atoms with Gasteiger partial charge < -0.3 is 10.5 Å². The molecule has 1 spiro atoms. The third kappa shape index (κ3) is 2.29. The monoisotopic (exact) mass is 273 g/mol. The zero-order valence-corrected chi connectivity index (χ0v) is 13.0. The first-order valence-corrected chi connectivity index (χ1v) is 7.94. The Labute approximate surface area is 122 Å². The molecule has 1 aliphatic heterocycles. The van der Waals surface area contributed by atoms with E-state index in [1.54, 1.807) is 0 Å². The molecule has 2 fully saturated rings. The molecule has 1 aromatic rings. The molecule has 1 saturated carbocycles. The van der Waals surface area contributed by atoms with E-state index in [9.17, 15) is 0 Å². The van der Waals surface area contributed by atoms with E-state index in [-0.39, 0.29) is 11.1 Å². The maximum absolute atomic E-state index is 6.78. The van der Waals surface area contributed by atoms with Crippen molar-refractivity contribution in [2.24, 2.45) is 11.7 Å². The van der Waals surface area contributed by atoms with E-state index in [0.29, 0.717) is 5.92 Å². The van der Waals surface area contributed by atoms with Gasteiger partial charge in [0.1, 0.15) is 0 Å². The molecule has 3 rings (SSSR count). The second-order valence-electron chi connectivity index (χ2n) is 7.16. The van der Waals surface area contributed by atoms with Crippen molar-refractivity contribution >= 4 is 0 Å². The highest BCUT2D eigenvalue weighted by molar-refractivity contribution is 5.34. The lowest BCUT2D eigenvalue weighted by molar-refractivity contribution is -0.151. The summed E-state index contributed by atoms with van der Waals surface area (Å²) >= 11 is 0. The molecule has 1 saturated heterocycles. The highest BCUT2D eigenvalue weighted by Crippen LogP contribution is 2.48. The first-order chi connectivity index (χ1) is 9.43. The molecule has 0 aromatic heterocycles. The Morgan fingerprint density at radius 3 is 2.60 bits per heavy atom. The molecular weight excluding hydrogens is 246 g/mol. The molecule has 2 heteroatoms. The Morgan fingerprint density at radius 2 is 2.00 bits per heavy atom. The maximum Gasteiger partial charge on any atom is 0.0686 e. The average Bonchev–Trinajstić information content (AvgIpc) is 2.40. The second kappa shape index (κ2) is 4.85. The van der Waals surface area contributed by atoms with E-state index in [1.165, 1.54) is 36.0 Å². The minimum atomic E-state index is -0.245. The Bertz CT molecular complexity index is 502. The molecule has 2 N–H and O–H groups in total. The lowest BCUT2D eigenvalue weighted by Crippen LogP contribution is -2.52. The minimum absolute atomic E-state index is 0.170. The highest BCUT2D eigenvalue weighted by Gasteiger charge is 2.46. The second-order valence-corrected chi connectivity index (χ2v) is 7.16. The van der Waals surface area contributed by atoms with Crippen LogP contribution >= 0.6 is 0 Å². The smallest absolute Gasteiger partial charge is 0.0686 e. The molecule has 2 unspecified atom stereocenters. The number of ether oxygens (including phenoxy) is 1. The fourth-order valence-corrected chi connectivity index (χ4v) is 3.77. The van der Waals surface area contributed by atoms with Crippen LogP contribution in [0.3, 0.4) is 0 Å². The normalized spacial score (nSPS) is 27.9. The van der Waals surface area contributed by atoms with E-state index in [0.717, 1.165) is 19.4 Å². The fraction of sp³-hybridized carbons (Fsp3) is 0.667. The van der Waals surface area contributed by atoms with Gasteiger partial charge in [0.15, 0.2) is 0 Å². The van der Waals surface area contributed by atoms with E-state index < -0.39 is 0 Å². The third-order valence-electron chi connectivity index (χ3n) is 5.73. The van der Waals surface area contributed by atoms with Gasteiger partial charge in [-0.15, -0.1) is 0 Å². The van der Waals surface area contributed by atoms with E-state index in [4.69, 9.17) is 10.5 Å². The molecule has 1 aromatic carbocycles. The maximum atomic E-state index is 6.78. The molecule has 2 nitrogen and oxygen atoms in total. The molecule has 1 heterocycles. The van der Waals surface area contributed by atoms with Crippen molar-refractivity contribution in [2.45, 2.75) is 64.0 Å². The Kier molecular flexibility index (Phi) is 3.42. The van der Waals surface area contributed by atoms with Gasteiger partial charge in [-0.25, -0.2) is 0 Å². The Balaban J connectivity index is 1.84. The highest BCUT2D eigenvalue weighted by atomic mass is 16.5. The fourth-order valence-electron chi connectivity index (χ4n) is 3.77. The van der Waals surface area contributed by atoms with Crippen LogP contribution in [0, 0.1) is 19.8 Å². The molecule has 20 heavy (non-hydrogen) atoms. The summed E-state index contributed by atoms with van der Waals surface area (Å²) in [6.07, 6.45) is 5.99. The number of hydrogen-bond donors (Lipinski definition) is 1. The topological polar surface area (TPSA) is 35.2 Å². The lowest BCUT2D eigenvalue weighted by Gasteiger charge is -2.50. The van der Waals surface area contributed by atoms with Crippen LogP contribution in [0.15, 0.2) is 18.2 Å². The summed E-state index contributed by atoms with van der Waals surface area (Å²) in [7, 11) is 0. The van der Waals surface area contributed by atoms with Crippen molar-refractivity contribution < 1.29 is 4.74 Å². The predicted molar refractivity (Wildman–Crippen MR) is 82.7 cm³/mol. The van der Waals surface area contributed by atoms with Crippen LogP contribution < -0.4 is 5.73 Å². The van der Waals surface area contributed by atoms with Crippen LogP contribution in [0.2, 0.25) is 0 Å². The van der Waals surface area contributed by atoms with Crippen molar-refractivity contribution in [3.63, 3.8) is 0 Å². The third-order valence-corrected chi connectivity index (χ3v) is 5.73. The molecule has 1 aliphatic carbocycles. The summed E-state index contributed by atoms with van der Waals surface area (Å²) < 4.78 is 6.05. The van der Waals surface area contributed by atoms with Gasteiger partial charge in [-0.3, -0.25) is 0 Å². The first-order valence-electron chi connectivity index (χ1n) is 7.94. The van der Waals surface area contributed by atoms with Crippen LogP contribution in [0.5, 0.6) is 0 Å². The Hall–Kier alpha value is -0.860. The van der Waals surface area contributed by atoms with E-state index in [2.05, 4.69) is 39.0 Å². The van der Waals surface area contributed by atoms with Crippen LogP contribution in [0.25, 0.3) is 0 Å². The van der Waals surface area contributed by atoms with Crippen LogP contribution in [-0.2, 0) is 10.3 Å². The van der Waals surface area contributed by atoms with Crippen LogP contribution in [0.4, 0.5) is 0 Å². The number of hydrogen-bond acceptors (Lipinski definition) is 2. The Morgan fingerprint density at radius 1 is 1.25 bits per heavy atom. The molecule has 0 radical (unpaired) electrons. The van der Waals surface area contributed by atoms with Crippen molar-refractivity contribution in [1.29, 1.82) is 0 Å². The van der Waals surface area contributed by atoms with Gasteiger partial charge in [0.2, 0.25) is 0 Å². The largest absolute Gasteiger partial charge is 0.375 e. The van der Waals surface area contributed by atoms with Gasteiger partial charge in [-0.05, 0) is 75.5 Å². The lowest BCUT2D eigenvalue weighted by atomic mass is 9.66. The SMILES string of the molecule is Cc1ccc(C(C)(N)C2CCOC3(CCC3)C2)cc1C. The molecule has 0 amide bonds. The molecule has 2 aliphatic rings. The summed E-state index contributed by atoms with van der Waals surface area (Å²) in [6, 6.07) is 6.69. The summed E-state index contributed by atoms with van der Waals surface area (Å²) in [5.41, 5.74) is 10.7. The summed E-state index contributed by atoms with van der Waals surface area (Å²) in [4.78, 5) is 0. The van der Waals surface area contributed by atoms with E-state index >= 15 is 0 Å². The van der Waals surface area contributed by atoms with Crippen molar-refractivity contribution in [2.75, 3.05) is 6.61 Å². The van der Waals surface area contributed by atoms with Gasteiger partial charge in [-0.2, -0.15) is 0 Å². The summed E-state index contributed by atoms with van der Waals surface area (Å²) in [5, 5.41) is 0. The number of aryl methyl sites for hydroxylation is 2. The van der Waals surface area contributed by atoms with Gasteiger partial charge in [0, 0.05) is 12.1 Å². The van der Waals surface area contributed by atoms with Gasteiger partial charge in [0.05, 0.1) is 5.60 Å². The van der Waals surface area contributed by atoms with Crippen LogP contribution in [-0.4, -0.2) is 12.2 Å². The van der Waals surface area contributed by atoms with Crippen molar-refractivity contribution in [3.05, 3.63) is 34.9 Å². The van der Waals surface area contributed by atoms with Crippen molar-refractivity contribution in [1.82, 2.24) is 0 Å². The van der Waals surface area contributed by atoms with E-state index in [1.807, 2.05) is 0 Å². The van der Waals surface area contributed by atoms with Crippen LogP contribution in [0.1, 0.15) is 55.7 Å². The average molecular weight is 273 g/mol. The quantitative estimate of drug-likeness (QED) is 0.889. The van der Waals surface area contributed by atoms with Gasteiger partial charge >= 0.3 is 0 Å². The number of rotatable bonds is 2. The first kappa shape index (κ1) is 14.1. The molecule has 110 valence electrons. The van der Waals surface area contributed by atoms with Gasteiger partial charge in [0.25, 0.3) is 0 Å². The minimum Gasteiger partial charge on any atom is -0.375 e. The zero-order chi connectivity index (χ0) is 14.4. The summed E-state index contributed by atoms with van der Waals surface area (Å²) in [5.74, 6) is 0.527. The number of benzene rings is 1. The molecule has 0 bridgehead atoms. The molecular formula is C18H27NO. The predicted octanol–water partition coefficient (Wildman–Crippen LogP) is 3.83. The van der Waals surface area contributed by atoms with Gasteiger partial charge in [-0.1, -0.05) is 18.2 Å². The summed E-state index contributed by atoms with van der Waals surface area (Å²) in [6.45, 7) is 7.42. The zero-order valence-electron chi connectivity index (χ0n) is 13.0.